The average molecular weight is 103 g/mol. The van der Waals surface area contributed by atoms with Crippen LogP contribution in [0.4, 0.5) is 0 Å². The van der Waals surface area contributed by atoms with Crippen molar-refractivity contribution in [1.82, 2.24) is 0 Å². The molecule has 0 amide bonds. The molecule has 0 fully saturated rings. The lowest BCUT2D eigenvalue weighted by Crippen LogP contribution is -1.96. The second-order valence-corrected chi connectivity index (χ2v) is 5.22. The molecule has 0 unspecified atom stereocenters. The molecule has 0 nitrogen and oxygen atoms in total. The van der Waals surface area contributed by atoms with Crippen molar-refractivity contribution < 1.29 is 0 Å². The van der Waals surface area contributed by atoms with Crippen LogP contribution in [-0.2, 0) is 0 Å². The van der Waals surface area contributed by atoms with E-state index in [1.807, 2.05) is 0 Å². The SMILES string of the molecule is CCCC[16Si](C)C. The van der Waals surface area contributed by atoms with E-state index in [-0.39, 0.29) is 8.80 Å². The Morgan fingerprint density at radius 3 is 2.00 bits per heavy atom. The van der Waals surface area contributed by atoms with Crippen molar-refractivity contribution >= 4 is 8.80 Å². The molecule has 1 radical (unpaired) electrons. The lowest BCUT2D eigenvalue weighted by atomic mass is 10.4. The summed E-state index contributed by atoms with van der Waals surface area (Å²) in [5, 5.41) is 0. The van der Waals surface area contributed by atoms with Crippen LogP contribution in [0, 0.1) is 0 Å². The summed E-state index contributed by atoms with van der Waals surface area (Å²) in [5.41, 5.74) is 0. The van der Waals surface area contributed by atoms with Crippen LogP contribution in [-0.4, -0.2) is 8.80 Å². The van der Waals surface area contributed by atoms with Gasteiger partial charge in [-0.2, -0.15) is 0 Å². The van der Waals surface area contributed by atoms with Crippen molar-refractivity contribution in [2.45, 2.75) is 38.9 Å². The molecule has 0 saturated heterocycles. The fourth-order valence-corrected chi connectivity index (χ4v) is 1.59. The molecule has 0 N–H and O–H groups in total. The molecule has 0 atom stereocenters. The fraction of sp³-hybridized carbons (Fsp3) is 1.00. The lowest BCUT2D eigenvalue weighted by molar-refractivity contribution is 0.875. The zero-order chi connectivity index (χ0) is 5.70. The van der Waals surface area contributed by atoms with Crippen LogP contribution in [0.25, 0.3) is 0 Å². The molecular weight excluding hydrogens is 88.1 g/mol. The third kappa shape index (κ3) is 6.22. The molecule has 0 bridgehead atoms. The van der Waals surface area contributed by atoms with Gasteiger partial charge in [0.05, 0.1) is 0 Å². The molecule has 0 aliphatic carbocycles. The Labute approximate surface area is 48.5 Å². The average Bonchev–Trinajstić information content (AvgIpc) is 1.61. The van der Waals surface area contributed by atoms with E-state index in [9.17, 15) is 0 Å². The Hall–Kier alpha value is 0.217. The van der Waals surface area contributed by atoms with Crippen LogP contribution >= 0.6 is 0 Å². The number of unbranched alkanes of at least 4 members (excludes halogenated alkanes) is 1. The van der Waals surface area contributed by atoms with Crippen LogP contribution in [0.5, 0.6) is 0 Å². The quantitative estimate of drug-likeness (QED) is 0.481. The van der Waals surface area contributed by atoms with Gasteiger partial charge in [0.25, 0.3) is 0 Å². The second kappa shape index (κ2) is 4.38. The maximum absolute atomic E-state index is 2.38. The molecule has 7 heavy (non-hydrogen) atoms. The topological polar surface area (TPSA) is 0 Å². The molecule has 43 valence electrons. The van der Waals surface area contributed by atoms with Gasteiger partial charge < -0.3 is 0 Å². The van der Waals surface area contributed by atoms with Gasteiger partial charge in [-0.15, -0.1) is 0 Å². The molecule has 0 aromatic rings. The molecular formula is C6H15Si. The van der Waals surface area contributed by atoms with Crippen molar-refractivity contribution in [3.8, 4) is 0 Å². The molecule has 0 heterocycles. The van der Waals surface area contributed by atoms with Crippen LogP contribution < -0.4 is 0 Å². The summed E-state index contributed by atoms with van der Waals surface area (Å²) >= 11 is 0. The summed E-state index contributed by atoms with van der Waals surface area (Å²) < 4.78 is 0. The second-order valence-electron chi connectivity index (χ2n) is 2.31. The number of rotatable bonds is 3. The standard InChI is InChI=1S/C6H15Si/c1-4-5-6-7(2)3/h4-6H2,1-3H3/i7-12. The van der Waals surface area contributed by atoms with Gasteiger partial charge in [0, 0.05) is 8.80 Å². The van der Waals surface area contributed by atoms with Gasteiger partial charge >= 0.3 is 0 Å². The van der Waals surface area contributed by atoms with Crippen LogP contribution in [0.3, 0.4) is 0 Å². The van der Waals surface area contributed by atoms with Crippen molar-refractivity contribution in [3.63, 3.8) is 0 Å². The normalized spacial score (nSPS) is 10.3. The van der Waals surface area contributed by atoms with E-state index < -0.39 is 0 Å². The molecule has 1 heteroatoms. The summed E-state index contributed by atoms with van der Waals surface area (Å²) in [4.78, 5) is 0. The highest BCUT2D eigenvalue weighted by Gasteiger charge is 1.91. The third-order valence-electron chi connectivity index (χ3n) is 1.03. The van der Waals surface area contributed by atoms with Gasteiger partial charge in [0.1, 0.15) is 0 Å². The van der Waals surface area contributed by atoms with Crippen LogP contribution in [0.2, 0.25) is 19.1 Å². The van der Waals surface area contributed by atoms with Crippen molar-refractivity contribution in [1.29, 1.82) is 0 Å². The Morgan fingerprint density at radius 2 is 1.86 bits per heavy atom. The number of hydrogen-bond acceptors (Lipinski definition) is 0. The van der Waals surface area contributed by atoms with Gasteiger partial charge in [-0.25, -0.2) is 0 Å². The van der Waals surface area contributed by atoms with Gasteiger partial charge in [-0.1, -0.05) is 38.9 Å². The molecule has 0 aromatic carbocycles. The van der Waals surface area contributed by atoms with E-state index in [1.165, 1.54) is 18.9 Å². The fourth-order valence-electron chi connectivity index (χ4n) is 0.530. The minimum atomic E-state index is 0.103. The molecule has 0 aliphatic rings. The van der Waals surface area contributed by atoms with Crippen LogP contribution in [0.1, 0.15) is 19.8 Å². The Kier molecular flexibility index (Phi) is 4.51. The summed E-state index contributed by atoms with van der Waals surface area (Å²) in [5.74, 6) is 0. The largest absolute Gasteiger partial charge is 0.0713 e. The van der Waals surface area contributed by atoms with E-state index in [0.29, 0.717) is 0 Å². The first-order valence-electron chi connectivity index (χ1n) is 3.06. The zero-order valence-corrected chi connectivity index (χ0v) is 6.62. The summed E-state index contributed by atoms with van der Waals surface area (Å²) in [6.07, 6.45) is 2.82. The highest BCUT2D eigenvalue weighted by Crippen LogP contribution is 1.98. The molecule has 0 saturated carbocycles. The van der Waals surface area contributed by atoms with Crippen LogP contribution in [0.15, 0.2) is 0 Å². The van der Waals surface area contributed by atoms with Gasteiger partial charge in [0.2, 0.25) is 0 Å². The smallest absolute Gasteiger partial charge is 0.0412 e. The van der Waals surface area contributed by atoms with Crippen molar-refractivity contribution in [2.75, 3.05) is 0 Å². The maximum atomic E-state index is 2.38. The van der Waals surface area contributed by atoms with Crippen molar-refractivity contribution in [3.05, 3.63) is 0 Å². The van der Waals surface area contributed by atoms with E-state index in [4.69, 9.17) is 0 Å². The minimum absolute atomic E-state index is 0.103. The summed E-state index contributed by atoms with van der Waals surface area (Å²) in [6, 6.07) is 1.50. The van der Waals surface area contributed by atoms with Gasteiger partial charge in [-0.3, -0.25) is 0 Å². The van der Waals surface area contributed by atoms with E-state index >= 15 is 0 Å². The van der Waals surface area contributed by atoms with E-state index in [1.54, 1.807) is 0 Å². The minimum Gasteiger partial charge on any atom is -0.0713 e. The highest BCUT2D eigenvalue weighted by atomic mass is 16.7. The van der Waals surface area contributed by atoms with Gasteiger partial charge in [0.15, 0.2) is 0 Å². The van der Waals surface area contributed by atoms with Gasteiger partial charge in [-0.05, 0) is 0 Å². The van der Waals surface area contributed by atoms with E-state index in [0.717, 1.165) is 0 Å². The first-order valence-corrected chi connectivity index (χ1v) is 5.77. The number of hydrogen-bond donors (Lipinski definition) is 0. The summed E-state index contributed by atoms with van der Waals surface area (Å²) in [6.45, 7) is 7.01. The predicted octanol–water partition coefficient (Wildman–Crippen LogP) is 2.54. The monoisotopic (exact) mass is 103 g/mol. The first-order chi connectivity index (χ1) is 3.27. The lowest BCUT2D eigenvalue weighted by Gasteiger charge is -1.96. The first kappa shape index (κ1) is 7.22. The Balaban J connectivity index is 2.68. The predicted molar refractivity (Wildman–Crippen MR) is 37.2 cm³/mol. The summed E-state index contributed by atoms with van der Waals surface area (Å²) in [7, 11) is 0.103. The third-order valence-corrected chi connectivity index (χ3v) is 2.38. The molecule has 0 spiro atoms. The molecule has 0 rings (SSSR count). The molecule has 0 aliphatic heterocycles. The zero-order valence-electron chi connectivity index (χ0n) is 5.62. The van der Waals surface area contributed by atoms with E-state index in [2.05, 4.69) is 20.0 Å². The Morgan fingerprint density at radius 1 is 1.29 bits per heavy atom. The Bertz CT molecular complexity index is 33.2. The highest BCUT2D eigenvalue weighted by molar-refractivity contribution is 6.55. The van der Waals surface area contributed by atoms with Crippen molar-refractivity contribution in [2.24, 2.45) is 0 Å². The molecule has 0 aromatic heterocycles. The maximum Gasteiger partial charge on any atom is 0.0412 e.